The first kappa shape index (κ1) is 30.5. The summed E-state index contributed by atoms with van der Waals surface area (Å²) in [6, 6.07) is 15.6. The molecule has 6 unspecified atom stereocenters. The maximum absolute atomic E-state index is 10.8. The Morgan fingerprint density at radius 2 is 1.71 bits per heavy atom. The Morgan fingerprint density at radius 1 is 0.978 bits per heavy atom. The first-order chi connectivity index (χ1) is 21.6. The van der Waals surface area contributed by atoms with Crippen LogP contribution in [0.3, 0.4) is 0 Å². The van der Waals surface area contributed by atoms with Gasteiger partial charge in [-0.1, -0.05) is 42.8 Å². The van der Waals surface area contributed by atoms with Crippen LogP contribution in [0.4, 0.5) is 0 Å². The number of piperidine rings is 1. The van der Waals surface area contributed by atoms with Gasteiger partial charge in [0.15, 0.2) is 23.7 Å². The molecule has 0 radical (unpaired) electrons. The SMILES string of the molecule is O=C(O)C(O)C(O)C(=O)O.Oc1ccc2c3c1OC1[C@H]4OC[C@@]4(CCCCc4ccccc4)CC4C(C2)N(CC2CC2)CCC341. The highest BCUT2D eigenvalue weighted by atomic mass is 16.6. The topological polar surface area (TPSA) is 157 Å². The van der Waals surface area contributed by atoms with Gasteiger partial charge < -0.3 is 35.0 Å². The molecule has 3 aliphatic heterocycles. The number of unbranched alkanes of at least 4 members (excludes halogenated alkanes) is 1. The zero-order chi connectivity index (χ0) is 31.5. The van der Waals surface area contributed by atoms with Crippen molar-refractivity contribution in [2.24, 2.45) is 17.3 Å². The first-order valence-corrected chi connectivity index (χ1v) is 16.4. The number of hydrogen-bond donors (Lipinski definition) is 5. The second-order valence-electron chi connectivity index (χ2n) is 14.1. The molecule has 4 fully saturated rings. The molecule has 2 aromatic carbocycles. The average molecular weight is 622 g/mol. The highest BCUT2D eigenvalue weighted by molar-refractivity contribution is 5.83. The largest absolute Gasteiger partial charge is 0.504 e. The number of likely N-dealkylation sites (tertiary alicyclic amines) is 1. The van der Waals surface area contributed by atoms with Gasteiger partial charge in [0.1, 0.15) is 12.2 Å². The van der Waals surface area contributed by atoms with Crippen LogP contribution in [0, 0.1) is 17.3 Å². The summed E-state index contributed by atoms with van der Waals surface area (Å²) in [5.74, 6) is -0.874. The Balaban J connectivity index is 0.000000284. The Labute approximate surface area is 262 Å². The first-order valence-electron chi connectivity index (χ1n) is 16.4. The number of carboxylic acid groups (broad SMARTS) is 2. The quantitative estimate of drug-likeness (QED) is 0.250. The van der Waals surface area contributed by atoms with Gasteiger partial charge >= 0.3 is 11.9 Å². The minimum atomic E-state index is -2.27. The number of aliphatic hydroxyl groups excluding tert-OH is 2. The summed E-state index contributed by atoms with van der Waals surface area (Å²) in [4.78, 5) is 22.4. The molecule has 10 nitrogen and oxygen atoms in total. The molecule has 2 saturated carbocycles. The van der Waals surface area contributed by atoms with Crippen LogP contribution < -0.4 is 4.74 Å². The molecule has 3 aliphatic carbocycles. The lowest BCUT2D eigenvalue weighted by atomic mass is 9.45. The molecule has 2 aromatic rings. The summed E-state index contributed by atoms with van der Waals surface area (Å²) in [5.41, 5.74) is 4.51. The smallest absolute Gasteiger partial charge is 0.335 e. The van der Waals surface area contributed by atoms with Crippen LogP contribution in [0.1, 0.15) is 61.6 Å². The van der Waals surface area contributed by atoms with E-state index in [4.69, 9.17) is 29.9 Å². The lowest BCUT2D eigenvalue weighted by Crippen LogP contribution is -2.75. The summed E-state index contributed by atoms with van der Waals surface area (Å²) in [6.45, 7) is 3.34. The van der Waals surface area contributed by atoms with Crippen molar-refractivity contribution < 1.29 is 44.6 Å². The van der Waals surface area contributed by atoms with E-state index in [2.05, 4.69) is 41.3 Å². The van der Waals surface area contributed by atoms with Crippen molar-refractivity contribution in [2.45, 2.75) is 93.7 Å². The second kappa shape index (κ2) is 11.6. The van der Waals surface area contributed by atoms with Gasteiger partial charge in [-0.2, -0.15) is 0 Å². The van der Waals surface area contributed by atoms with Gasteiger partial charge in [-0.15, -0.1) is 0 Å². The Bertz CT molecular complexity index is 1430. The van der Waals surface area contributed by atoms with Crippen LogP contribution in [0.5, 0.6) is 11.5 Å². The number of phenols is 1. The van der Waals surface area contributed by atoms with Crippen LogP contribution in [-0.2, 0) is 32.6 Å². The average Bonchev–Trinajstić information content (AvgIpc) is 3.78. The van der Waals surface area contributed by atoms with Gasteiger partial charge in [-0.25, -0.2) is 9.59 Å². The summed E-state index contributed by atoms with van der Waals surface area (Å²) in [6.07, 6.45) is 6.97. The number of aliphatic carboxylic acids is 2. The Hall–Kier alpha value is -3.18. The van der Waals surface area contributed by atoms with Gasteiger partial charge in [0.25, 0.3) is 0 Å². The van der Waals surface area contributed by atoms with Gasteiger partial charge in [0.05, 0.1) is 6.61 Å². The van der Waals surface area contributed by atoms with Crippen molar-refractivity contribution in [3.05, 3.63) is 59.2 Å². The van der Waals surface area contributed by atoms with Crippen molar-refractivity contribution in [1.29, 1.82) is 0 Å². The zero-order valence-corrected chi connectivity index (χ0v) is 25.4. The Morgan fingerprint density at radius 3 is 2.36 bits per heavy atom. The van der Waals surface area contributed by atoms with E-state index in [0.29, 0.717) is 17.7 Å². The molecule has 6 aliphatic rings. The van der Waals surface area contributed by atoms with Crippen LogP contribution in [0.15, 0.2) is 42.5 Å². The molecule has 0 amide bonds. The molecular formula is C35H43NO9. The monoisotopic (exact) mass is 621 g/mol. The third kappa shape index (κ3) is 5.10. The maximum atomic E-state index is 10.8. The lowest BCUT2D eigenvalue weighted by Gasteiger charge is -2.67. The molecule has 0 aromatic heterocycles. The number of carbonyl (C=O) groups is 2. The van der Waals surface area contributed by atoms with Crippen LogP contribution in [0.2, 0.25) is 0 Å². The zero-order valence-electron chi connectivity index (χ0n) is 25.4. The number of carboxylic acids is 2. The van der Waals surface area contributed by atoms with Gasteiger partial charge in [-0.3, -0.25) is 4.90 Å². The number of aromatic hydroxyl groups is 1. The normalized spacial score (nSPS) is 33.3. The number of ether oxygens (including phenoxy) is 2. The fraction of sp³-hybridized carbons (Fsp3) is 0.600. The number of rotatable bonds is 10. The van der Waals surface area contributed by atoms with Crippen molar-refractivity contribution in [2.75, 3.05) is 19.7 Å². The fourth-order valence-electron chi connectivity index (χ4n) is 9.21. The number of phenolic OH excluding ortho intramolecular Hbond substituents is 1. The minimum absolute atomic E-state index is 0.0327. The highest BCUT2D eigenvalue weighted by Gasteiger charge is 2.73. The highest BCUT2D eigenvalue weighted by Crippen LogP contribution is 2.69. The molecular weight excluding hydrogens is 578 g/mol. The molecule has 2 saturated heterocycles. The van der Waals surface area contributed by atoms with Crippen molar-refractivity contribution >= 4 is 11.9 Å². The summed E-state index contributed by atoms with van der Waals surface area (Å²) in [7, 11) is 0. The number of aryl methyl sites for hydroxylation is 1. The van der Waals surface area contributed by atoms with E-state index in [1.807, 2.05) is 6.07 Å². The molecule has 5 N–H and O–H groups in total. The van der Waals surface area contributed by atoms with Gasteiger partial charge in [0, 0.05) is 29.0 Å². The number of aliphatic hydroxyl groups is 2. The van der Waals surface area contributed by atoms with Gasteiger partial charge in [-0.05, 0) is 86.9 Å². The number of benzene rings is 2. The second-order valence-corrected chi connectivity index (χ2v) is 14.1. The van der Waals surface area contributed by atoms with Crippen molar-refractivity contribution in [3.63, 3.8) is 0 Å². The predicted octanol–water partition coefficient (Wildman–Crippen LogP) is 3.13. The van der Waals surface area contributed by atoms with Gasteiger partial charge in [0.2, 0.25) is 0 Å². The Kier molecular flexibility index (Phi) is 7.83. The predicted molar refractivity (Wildman–Crippen MR) is 162 cm³/mol. The number of fused-ring (bicyclic) bond motifs is 2. The van der Waals surface area contributed by atoms with E-state index >= 15 is 0 Å². The minimum Gasteiger partial charge on any atom is -0.504 e. The summed E-state index contributed by atoms with van der Waals surface area (Å²) in [5, 5.41) is 43.4. The van der Waals surface area contributed by atoms with Crippen LogP contribution >= 0.6 is 0 Å². The fourth-order valence-corrected chi connectivity index (χ4v) is 9.21. The molecule has 1 spiro atoms. The third-order valence-corrected chi connectivity index (χ3v) is 11.6. The van der Waals surface area contributed by atoms with E-state index in [-0.39, 0.29) is 23.0 Å². The summed E-state index contributed by atoms with van der Waals surface area (Å²) < 4.78 is 13.2. The van der Waals surface area contributed by atoms with Crippen LogP contribution in [0.25, 0.3) is 0 Å². The van der Waals surface area contributed by atoms with Crippen LogP contribution in [-0.4, -0.2) is 92.5 Å². The van der Waals surface area contributed by atoms with Crippen molar-refractivity contribution in [1.82, 2.24) is 4.90 Å². The third-order valence-electron chi connectivity index (χ3n) is 11.6. The number of nitrogens with zero attached hydrogens (tertiary/aromatic N) is 1. The molecule has 10 heteroatoms. The standard InChI is InChI=1S/C31H37NO3.C4H6O6/c33-25-12-11-22-16-24-23-17-30(13-5-4-8-20-6-2-1-3-7-20)19-34-28(30)29-31(23,26(22)27(25)35-29)14-15-32(24)18-21-9-10-21;5-1(3(7)8)2(6)4(9)10/h1-3,6-7,11-12,21,23-24,28-29,33H,4-5,8-10,13-19H2;1-2,5-6H,(H,7,8)(H,9,10)/t23?,24?,28-,29?,30-,31?;/m1./s1. The van der Waals surface area contributed by atoms with E-state index in [9.17, 15) is 14.7 Å². The summed E-state index contributed by atoms with van der Waals surface area (Å²) >= 11 is 0. The molecule has 242 valence electrons. The van der Waals surface area contributed by atoms with E-state index in [1.165, 1.54) is 68.3 Å². The lowest BCUT2D eigenvalue weighted by molar-refractivity contribution is -0.280. The molecule has 8 atom stereocenters. The molecule has 2 bridgehead atoms. The molecule has 45 heavy (non-hydrogen) atoms. The van der Waals surface area contributed by atoms with Crippen molar-refractivity contribution in [3.8, 4) is 11.5 Å². The number of hydrogen-bond acceptors (Lipinski definition) is 8. The maximum Gasteiger partial charge on any atom is 0.335 e. The molecule has 8 rings (SSSR count). The molecule has 3 heterocycles. The van der Waals surface area contributed by atoms with E-state index < -0.39 is 24.1 Å². The van der Waals surface area contributed by atoms with E-state index in [1.54, 1.807) is 0 Å². The van der Waals surface area contributed by atoms with E-state index in [0.717, 1.165) is 37.5 Å².